The summed E-state index contributed by atoms with van der Waals surface area (Å²) in [6.45, 7) is 4.61. The molecule has 0 saturated carbocycles. The standard InChI is InChI=1S/C16H17N5O/c1-11-3-5-13(6-4-11)15-20-14(22-21-15)8-10-18-16-17-9-7-12(2)19-16/h3-7,9H,8,10H2,1-2H3,(H,17,18,19). The third-order valence-electron chi connectivity index (χ3n) is 3.19. The molecular formula is C16H17N5O. The van der Waals surface area contributed by atoms with Crippen LogP contribution < -0.4 is 5.32 Å². The van der Waals surface area contributed by atoms with Crippen molar-refractivity contribution in [2.45, 2.75) is 20.3 Å². The Hall–Kier alpha value is -2.76. The van der Waals surface area contributed by atoms with Crippen LogP contribution in [-0.2, 0) is 6.42 Å². The molecule has 0 saturated heterocycles. The summed E-state index contributed by atoms with van der Waals surface area (Å²) in [5.74, 6) is 1.82. The fourth-order valence-corrected chi connectivity index (χ4v) is 1.99. The molecule has 6 nitrogen and oxygen atoms in total. The van der Waals surface area contributed by atoms with E-state index in [1.807, 2.05) is 44.2 Å². The number of hydrogen-bond donors (Lipinski definition) is 1. The normalized spacial score (nSPS) is 10.6. The summed E-state index contributed by atoms with van der Waals surface area (Å²) < 4.78 is 5.27. The third-order valence-corrected chi connectivity index (χ3v) is 3.19. The van der Waals surface area contributed by atoms with Crippen molar-refractivity contribution in [3.8, 4) is 11.4 Å². The van der Waals surface area contributed by atoms with E-state index in [1.165, 1.54) is 5.56 Å². The quantitative estimate of drug-likeness (QED) is 0.780. The molecule has 0 unspecified atom stereocenters. The van der Waals surface area contributed by atoms with Crippen LogP contribution in [0.5, 0.6) is 0 Å². The van der Waals surface area contributed by atoms with E-state index in [0.717, 1.165) is 11.3 Å². The lowest BCUT2D eigenvalue weighted by atomic mass is 10.1. The van der Waals surface area contributed by atoms with Crippen molar-refractivity contribution in [3.63, 3.8) is 0 Å². The highest BCUT2D eigenvalue weighted by Gasteiger charge is 2.08. The molecule has 3 rings (SSSR count). The van der Waals surface area contributed by atoms with Gasteiger partial charge in [-0.05, 0) is 19.9 Å². The van der Waals surface area contributed by atoms with E-state index in [0.29, 0.717) is 30.6 Å². The second-order valence-corrected chi connectivity index (χ2v) is 5.08. The Morgan fingerprint density at radius 1 is 1.05 bits per heavy atom. The highest BCUT2D eigenvalue weighted by Crippen LogP contribution is 2.16. The maximum atomic E-state index is 5.27. The van der Waals surface area contributed by atoms with Gasteiger partial charge in [-0.3, -0.25) is 0 Å². The molecule has 2 heterocycles. The summed E-state index contributed by atoms with van der Waals surface area (Å²) in [6.07, 6.45) is 2.35. The first-order valence-corrected chi connectivity index (χ1v) is 7.14. The van der Waals surface area contributed by atoms with Crippen LogP contribution in [0, 0.1) is 13.8 Å². The summed E-state index contributed by atoms with van der Waals surface area (Å²) in [4.78, 5) is 12.8. The Morgan fingerprint density at radius 3 is 2.64 bits per heavy atom. The van der Waals surface area contributed by atoms with Gasteiger partial charge >= 0.3 is 0 Å². The second kappa shape index (κ2) is 6.34. The largest absolute Gasteiger partial charge is 0.354 e. The van der Waals surface area contributed by atoms with Crippen LogP contribution in [0.25, 0.3) is 11.4 Å². The Balaban J connectivity index is 1.59. The van der Waals surface area contributed by atoms with Gasteiger partial charge in [-0.15, -0.1) is 0 Å². The molecule has 112 valence electrons. The predicted octanol–water partition coefficient (Wildman–Crippen LogP) is 2.80. The minimum Gasteiger partial charge on any atom is -0.354 e. The first kappa shape index (κ1) is 14.2. The van der Waals surface area contributed by atoms with Crippen LogP contribution in [0.1, 0.15) is 17.1 Å². The topological polar surface area (TPSA) is 76.7 Å². The number of hydrogen-bond acceptors (Lipinski definition) is 6. The summed E-state index contributed by atoms with van der Waals surface area (Å²) in [7, 11) is 0. The van der Waals surface area contributed by atoms with Crippen LogP contribution in [0.3, 0.4) is 0 Å². The van der Waals surface area contributed by atoms with Gasteiger partial charge in [-0.1, -0.05) is 35.0 Å². The van der Waals surface area contributed by atoms with Gasteiger partial charge in [-0.25, -0.2) is 9.97 Å². The highest BCUT2D eigenvalue weighted by molar-refractivity contribution is 5.54. The molecule has 22 heavy (non-hydrogen) atoms. The molecule has 3 aromatic rings. The van der Waals surface area contributed by atoms with Crippen molar-refractivity contribution in [2.75, 3.05) is 11.9 Å². The Kier molecular flexibility index (Phi) is 4.09. The Labute approximate surface area is 128 Å². The van der Waals surface area contributed by atoms with E-state index in [1.54, 1.807) is 6.20 Å². The SMILES string of the molecule is Cc1ccc(-c2noc(CCNc3nccc(C)n3)n2)cc1. The van der Waals surface area contributed by atoms with Gasteiger partial charge in [0.1, 0.15) is 0 Å². The molecule has 0 aliphatic heterocycles. The number of anilines is 1. The Morgan fingerprint density at radius 2 is 1.86 bits per heavy atom. The molecule has 0 atom stereocenters. The average molecular weight is 295 g/mol. The number of nitrogens with one attached hydrogen (secondary N) is 1. The maximum Gasteiger partial charge on any atom is 0.228 e. The van der Waals surface area contributed by atoms with E-state index in [9.17, 15) is 0 Å². The molecule has 0 fully saturated rings. The number of nitrogens with zero attached hydrogens (tertiary/aromatic N) is 4. The zero-order valence-corrected chi connectivity index (χ0v) is 12.6. The number of aryl methyl sites for hydroxylation is 2. The molecule has 0 bridgehead atoms. The summed E-state index contributed by atoms with van der Waals surface area (Å²) in [5.41, 5.74) is 3.09. The lowest BCUT2D eigenvalue weighted by molar-refractivity contribution is 0.381. The summed E-state index contributed by atoms with van der Waals surface area (Å²) in [6, 6.07) is 9.90. The first-order chi connectivity index (χ1) is 10.7. The van der Waals surface area contributed by atoms with E-state index in [2.05, 4.69) is 25.4 Å². The van der Waals surface area contributed by atoms with Crippen LogP contribution in [0.15, 0.2) is 41.1 Å². The fraction of sp³-hybridized carbons (Fsp3) is 0.250. The lowest BCUT2D eigenvalue weighted by Crippen LogP contribution is -2.08. The second-order valence-electron chi connectivity index (χ2n) is 5.08. The van der Waals surface area contributed by atoms with Gasteiger partial charge in [0, 0.05) is 30.4 Å². The zero-order chi connectivity index (χ0) is 15.4. The van der Waals surface area contributed by atoms with Gasteiger partial charge in [0.25, 0.3) is 0 Å². The third kappa shape index (κ3) is 3.46. The minimum atomic E-state index is 0.593. The van der Waals surface area contributed by atoms with Crippen molar-refractivity contribution in [1.29, 1.82) is 0 Å². The monoisotopic (exact) mass is 295 g/mol. The number of rotatable bonds is 5. The van der Waals surface area contributed by atoms with Gasteiger partial charge in [0.15, 0.2) is 0 Å². The minimum absolute atomic E-state index is 0.593. The molecule has 1 N–H and O–H groups in total. The number of benzene rings is 1. The maximum absolute atomic E-state index is 5.27. The Bertz CT molecular complexity index is 751. The van der Waals surface area contributed by atoms with Gasteiger partial charge in [0.05, 0.1) is 0 Å². The molecule has 0 aliphatic rings. The summed E-state index contributed by atoms with van der Waals surface area (Å²) in [5, 5.41) is 7.15. The van der Waals surface area contributed by atoms with E-state index >= 15 is 0 Å². The lowest BCUT2D eigenvalue weighted by Gasteiger charge is -2.02. The van der Waals surface area contributed by atoms with Crippen molar-refractivity contribution >= 4 is 5.95 Å². The van der Waals surface area contributed by atoms with Crippen molar-refractivity contribution in [2.24, 2.45) is 0 Å². The van der Waals surface area contributed by atoms with E-state index in [4.69, 9.17) is 4.52 Å². The summed E-state index contributed by atoms with van der Waals surface area (Å²) >= 11 is 0. The van der Waals surface area contributed by atoms with Gasteiger partial charge < -0.3 is 9.84 Å². The van der Waals surface area contributed by atoms with Crippen LogP contribution in [-0.4, -0.2) is 26.7 Å². The molecule has 0 spiro atoms. The molecule has 1 aromatic carbocycles. The molecule has 0 radical (unpaired) electrons. The molecule has 0 amide bonds. The molecule has 0 aliphatic carbocycles. The first-order valence-electron chi connectivity index (χ1n) is 7.14. The molecular weight excluding hydrogens is 278 g/mol. The molecule has 2 aromatic heterocycles. The van der Waals surface area contributed by atoms with Crippen LogP contribution in [0.4, 0.5) is 5.95 Å². The predicted molar refractivity (Wildman–Crippen MR) is 83.4 cm³/mol. The van der Waals surface area contributed by atoms with E-state index in [-0.39, 0.29) is 0 Å². The van der Waals surface area contributed by atoms with Crippen molar-refractivity contribution in [1.82, 2.24) is 20.1 Å². The fourth-order valence-electron chi connectivity index (χ4n) is 1.99. The van der Waals surface area contributed by atoms with Crippen LogP contribution >= 0.6 is 0 Å². The smallest absolute Gasteiger partial charge is 0.228 e. The highest BCUT2D eigenvalue weighted by atomic mass is 16.5. The average Bonchev–Trinajstić information content (AvgIpc) is 2.97. The molecule has 6 heteroatoms. The van der Waals surface area contributed by atoms with Crippen molar-refractivity contribution in [3.05, 3.63) is 53.7 Å². The van der Waals surface area contributed by atoms with Gasteiger partial charge in [0.2, 0.25) is 17.7 Å². The van der Waals surface area contributed by atoms with E-state index < -0.39 is 0 Å². The number of aromatic nitrogens is 4. The van der Waals surface area contributed by atoms with Crippen LogP contribution in [0.2, 0.25) is 0 Å². The van der Waals surface area contributed by atoms with Gasteiger partial charge in [-0.2, -0.15) is 4.98 Å². The zero-order valence-electron chi connectivity index (χ0n) is 12.6. The van der Waals surface area contributed by atoms with Crippen molar-refractivity contribution < 1.29 is 4.52 Å².